The number of carbonyl (C=O) groups excluding carboxylic acids is 3. The fraction of sp³-hybridized carbons (Fsp3) is 0.143. The highest BCUT2D eigenvalue weighted by Gasteiger charge is 2.37. The minimum absolute atomic E-state index is 0.209. The standard InChI is InChI=1S/C21H16BrIN2O6/c1-10-3-4-13(5-11(10)2)25-20(29)14(19(28)24-21(25)30)6-12-7-15(22)18(16(23)8-12)31-9-17(26)27/h3-8H,9H2,1-2H3,(H,26,27)(H,24,28,30)/b14-6+. The topological polar surface area (TPSA) is 113 Å². The molecular formula is C21H16BrIN2O6. The average Bonchev–Trinajstić information content (AvgIpc) is 2.67. The van der Waals surface area contributed by atoms with Crippen LogP contribution in [0.3, 0.4) is 0 Å². The van der Waals surface area contributed by atoms with Gasteiger partial charge < -0.3 is 9.84 Å². The summed E-state index contributed by atoms with van der Waals surface area (Å²) < 4.78 is 6.28. The Kier molecular flexibility index (Phi) is 6.80. The molecule has 0 aliphatic carbocycles. The molecule has 1 saturated heterocycles. The highest BCUT2D eigenvalue weighted by atomic mass is 127. The lowest BCUT2D eigenvalue weighted by Crippen LogP contribution is -2.54. The van der Waals surface area contributed by atoms with E-state index in [9.17, 15) is 19.2 Å². The van der Waals surface area contributed by atoms with Gasteiger partial charge in [0.15, 0.2) is 6.61 Å². The van der Waals surface area contributed by atoms with Gasteiger partial charge in [-0.25, -0.2) is 14.5 Å². The first kappa shape index (κ1) is 22.9. The van der Waals surface area contributed by atoms with E-state index in [4.69, 9.17) is 9.84 Å². The number of benzene rings is 2. The van der Waals surface area contributed by atoms with E-state index in [1.54, 1.807) is 30.3 Å². The third-order valence-corrected chi connectivity index (χ3v) is 5.91. The van der Waals surface area contributed by atoms with Gasteiger partial charge in [-0.1, -0.05) is 6.07 Å². The smallest absolute Gasteiger partial charge is 0.341 e. The number of rotatable bonds is 5. The number of urea groups is 1. The molecule has 2 N–H and O–H groups in total. The van der Waals surface area contributed by atoms with E-state index in [-0.39, 0.29) is 5.57 Å². The number of carboxylic acid groups (broad SMARTS) is 1. The summed E-state index contributed by atoms with van der Waals surface area (Å²) >= 11 is 5.27. The minimum atomic E-state index is -1.12. The highest BCUT2D eigenvalue weighted by Crippen LogP contribution is 2.33. The maximum Gasteiger partial charge on any atom is 0.341 e. The molecule has 0 bridgehead atoms. The number of carbonyl (C=O) groups is 4. The number of ether oxygens (including phenoxy) is 1. The molecule has 4 amide bonds. The van der Waals surface area contributed by atoms with Crippen molar-refractivity contribution in [2.75, 3.05) is 11.5 Å². The van der Waals surface area contributed by atoms with E-state index in [1.807, 2.05) is 36.4 Å². The maximum atomic E-state index is 13.0. The molecule has 1 heterocycles. The molecule has 2 aromatic rings. The van der Waals surface area contributed by atoms with Gasteiger partial charge in [-0.15, -0.1) is 0 Å². The van der Waals surface area contributed by atoms with E-state index in [0.29, 0.717) is 25.0 Å². The molecule has 0 radical (unpaired) electrons. The lowest BCUT2D eigenvalue weighted by molar-refractivity contribution is -0.139. The Labute approximate surface area is 199 Å². The van der Waals surface area contributed by atoms with Crippen molar-refractivity contribution >= 4 is 74.1 Å². The van der Waals surface area contributed by atoms with E-state index < -0.39 is 30.4 Å². The Morgan fingerprint density at radius 1 is 1.19 bits per heavy atom. The number of anilines is 1. The Morgan fingerprint density at radius 2 is 1.90 bits per heavy atom. The van der Waals surface area contributed by atoms with E-state index in [1.165, 1.54) is 6.08 Å². The number of aliphatic carboxylic acids is 1. The molecule has 3 rings (SSSR count). The molecule has 1 fully saturated rings. The number of aryl methyl sites for hydroxylation is 2. The summed E-state index contributed by atoms with van der Waals surface area (Å²) in [5.41, 5.74) is 2.55. The summed E-state index contributed by atoms with van der Waals surface area (Å²) in [7, 11) is 0. The second kappa shape index (κ2) is 9.18. The molecule has 0 spiro atoms. The van der Waals surface area contributed by atoms with Gasteiger partial charge in [-0.3, -0.25) is 14.9 Å². The average molecular weight is 599 g/mol. The molecule has 0 aromatic heterocycles. The zero-order valence-electron chi connectivity index (χ0n) is 16.4. The summed E-state index contributed by atoms with van der Waals surface area (Å²) in [4.78, 5) is 49.4. The molecule has 1 aliphatic heterocycles. The highest BCUT2D eigenvalue weighted by molar-refractivity contribution is 14.1. The third kappa shape index (κ3) is 4.96. The summed E-state index contributed by atoms with van der Waals surface area (Å²) in [6.07, 6.45) is 1.37. The van der Waals surface area contributed by atoms with Crippen LogP contribution in [0, 0.1) is 17.4 Å². The van der Waals surface area contributed by atoms with Crippen molar-refractivity contribution in [3.05, 3.63) is 60.6 Å². The SMILES string of the molecule is Cc1ccc(N2C(=O)NC(=O)/C(=C\c3cc(Br)c(OCC(=O)O)c(I)c3)C2=O)cc1C. The number of carboxylic acids is 1. The predicted octanol–water partition coefficient (Wildman–Crippen LogP) is 3.80. The summed E-state index contributed by atoms with van der Waals surface area (Å²) in [5.74, 6) is -2.33. The lowest BCUT2D eigenvalue weighted by Gasteiger charge is -2.27. The molecule has 1 aliphatic rings. The summed E-state index contributed by atoms with van der Waals surface area (Å²) in [6, 6.07) is 7.54. The van der Waals surface area contributed by atoms with E-state index >= 15 is 0 Å². The molecular weight excluding hydrogens is 583 g/mol. The maximum absolute atomic E-state index is 13.0. The number of barbiturate groups is 1. The Balaban J connectivity index is 1.98. The zero-order valence-corrected chi connectivity index (χ0v) is 20.1. The van der Waals surface area contributed by atoms with Crippen molar-refractivity contribution in [3.63, 3.8) is 0 Å². The second-order valence-corrected chi connectivity index (χ2v) is 8.74. The van der Waals surface area contributed by atoms with Crippen LogP contribution in [0.1, 0.15) is 16.7 Å². The van der Waals surface area contributed by atoms with Crippen LogP contribution in [0.15, 0.2) is 40.4 Å². The largest absolute Gasteiger partial charge is 0.480 e. The number of halogens is 2. The van der Waals surface area contributed by atoms with Crippen molar-refractivity contribution in [2.24, 2.45) is 0 Å². The second-order valence-electron chi connectivity index (χ2n) is 6.72. The van der Waals surface area contributed by atoms with Crippen LogP contribution < -0.4 is 15.0 Å². The normalized spacial score (nSPS) is 15.3. The molecule has 0 saturated carbocycles. The molecule has 2 aromatic carbocycles. The Bertz CT molecular complexity index is 1140. The third-order valence-electron chi connectivity index (χ3n) is 4.52. The molecule has 31 heavy (non-hydrogen) atoms. The van der Waals surface area contributed by atoms with E-state index in [0.717, 1.165) is 16.0 Å². The van der Waals surface area contributed by atoms with Gasteiger partial charge in [-0.2, -0.15) is 0 Å². The van der Waals surface area contributed by atoms with Crippen LogP contribution >= 0.6 is 38.5 Å². The predicted molar refractivity (Wildman–Crippen MR) is 125 cm³/mol. The van der Waals surface area contributed by atoms with Crippen molar-refractivity contribution < 1.29 is 29.0 Å². The van der Waals surface area contributed by atoms with Gasteiger partial charge in [0.25, 0.3) is 11.8 Å². The Morgan fingerprint density at radius 3 is 2.52 bits per heavy atom. The first-order valence-electron chi connectivity index (χ1n) is 8.91. The van der Waals surface area contributed by atoms with Crippen LogP contribution in [0.2, 0.25) is 0 Å². The van der Waals surface area contributed by atoms with Crippen LogP contribution in [0.4, 0.5) is 10.5 Å². The van der Waals surface area contributed by atoms with Crippen molar-refractivity contribution in [1.82, 2.24) is 5.32 Å². The van der Waals surface area contributed by atoms with Gasteiger partial charge >= 0.3 is 12.0 Å². The number of hydrogen-bond acceptors (Lipinski definition) is 5. The van der Waals surface area contributed by atoms with Crippen molar-refractivity contribution in [3.8, 4) is 5.75 Å². The van der Waals surface area contributed by atoms with Crippen molar-refractivity contribution in [2.45, 2.75) is 13.8 Å². The first-order valence-corrected chi connectivity index (χ1v) is 10.8. The van der Waals surface area contributed by atoms with E-state index in [2.05, 4.69) is 21.2 Å². The lowest BCUT2D eigenvalue weighted by atomic mass is 10.1. The molecule has 10 heteroatoms. The number of amides is 4. The number of nitrogens with zero attached hydrogens (tertiary/aromatic N) is 1. The molecule has 0 atom stereocenters. The number of hydrogen-bond donors (Lipinski definition) is 2. The van der Waals surface area contributed by atoms with Gasteiger partial charge in [0.05, 0.1) is 13.7 Å². The molecule has 8 nitrogen and oxygen atoms in total. The number of imide groups is 2. The van der Waals surface area contributed by atoms with Crippen LogP contribution in [0.5, 0.6) is 5.75 Å². The molecule has 160 valence electrons. The summed E-state index contributed by atoms with van der Waals surface area (Å²) in [5, 5.41) is 11.0. The van der Waals surface area contributed by atoms with Gasteiger partial charge in [0, 0.05) is 0 Å². The fourth-order valence-corrected chi connectivity index (χ4v) is 4.63. The summed E-state index contributed by atoms with van der Waals surface area (Å²) in [6.45, 7) is 3.26. The van der Waals surface area contributed by atoms with Crippen LogP contribution in [0.25, 0.3) is 6.08 Å². The fourth-order valence-electron chi connectivity index (χ4n) is 2.86. The van der Waals surface area contributed by atoms with Gasteiger partial charge in [-0.05, 0) is 99.4 Å². The minimum Gasteiger partial charge on any atom is -0.480 e. The van der Waals surface area contributed by atoms with Crippen LogP contribution in [-0.4, -0.2) is 35.5 Å². The first-order chi connectivity index (χ1) is 14.6. The van der Waals surface area contributed by atoms with Crippen LogP contribution in [-0.2, 0) is 14.4 Å². The monoisotopic (exact) mass is 598 g/mol. The zero-order chi connectivity index (χ0) is 22.9. The number of nitrogens with one attached hydrogen (secondary N) is 1. The Hall–Kier alpha value is -2.73. The van der Waals surface area contributed by atoms with Crippen molar-refractivity contribution in [1.29, 1.82) is 0 Å². The quantitative estimate of drug-likeness (QED) is 0.308. The molecule has 0 unspecified atom stereocenters. The van der Waals surface area contributed by atoms with Gasteiger partial charge in [0.2, 0.25) is 0 Å². The van der Waals surface area contributed by atoms with Gasteiger partial charge in [0.1, 0.15) is 11.3 Å².